The minimum atomic E-state index is -1.11. The van der Waals surface area contributed by atoms with Gasteiger partial charge in [0.05, 0.1) is 0 Å². The molecule has 0 saturated carbocycles. The third-order valence-corrected chi connectivity index (χ3v) is 2.53. The van der Waals surface area contributed by atoms with Crippen LogP contribution in [0.25, 0.3) is 0 Å². The third-order valence-electron chi connectivity index (χ3n) is 2.53. The van der Waals surface area contributed by atoms with Gasteiger partial charge in [-0.2, -0.15) is 0 Å². The molecule has 0 aliphatic carbocycles. The number of carbonyl (C=O) groups excluding carboxylic acids is 2. The number of nitrogens with two attached hydrogens (primary N) is 1. The number of amides is 3. The number of carbonyl (C=O) groups is 3. The van der Waals surface area contributed by atoms with Crippen LogP contribution in [-0.2, 0) is 9.59 Å². The van der Waals surface area contributed by atoms with Crippen molar-refractivity contribution >= 4 is 17.9 Å². The second-order valence-corrected chi connectivity index (χ2v) is 5.62. The van der Waals surface area contributed by atoms with Gasteiger partial charge in [0.25, 0.3) is 0 Å². The summed E-state index contributed by atoms with van der Waals surface area (Å²) < 4.78 is 0. The molecule has 0 bridgehead atoms. The molecule has 0 aliphatic rings. The Labute approximate surface area is 113 Å². The van der Waals surface area contributed by atoms with Crippen LogP contribution < -0.4 is 5.73 Å². The molecule has 3 amide bonds. The summed E-state index contributed by atoms with van der Waals surface area (Å²) >= 11 is 0. The predicted molar refractivity (Wildman–Crippen MR) is 70.5 cm³/mol. The first-order chi connectivity index (χ1) is 8.46. The molecule has 0 saturated heterocycles. The maximum absolute atomic E-state index is 12.4. The maximum atomic E-state index is 12.4. The van der Waals surface area contributed by atoms with Crippen molar-refractivity contribution in [3.8, 4) is 0 Å². The predicted octanol–water partition coefficient (Wildman–Crippen LogP) is 0.487. The Hall–Kier alpha value is -1.79. The largest absolute Gasteiger partial charge is 0.480 e. The molecular formula is C12H23N3O4. The van der Waals surface area contributed by atoms with Crippen LogP contribution >= 0.6 is 0 Å². The van der Waals surface area contributed by atoms with E-state index >= 15 is 0 Å². The van der Waals surface area contributed by atoms with Crippen LogP contribution in [0.15, 0.2) is 0 Å². The number of aliphatic carboxylic acids is 1. The van der Waals surface area contributed by atoms with E-state index in [-0.39, 0.29) is 12.6 Å². The summed E-state index contributed by atoms with van der Waals surface area (Å²) in [6, 6.07) is -0.762. The topological polar surface area (TPSA) is 104 Å². The van der Waals surface area contributed by atoms with Crippen LogP contribution in [0.1, 0.15) is 34.6 Å². The van der Waals surface area contributed by atoms with E-state index in [0.29, 0.717) is 0 Å². The number of hydrogen-bond donors (Lipinski definition) is 2. The Balaban J connectivity index is 5.24. The summed E-state index contributed by atoms with van der Waals surface area (Å²) in [4.78, 5) is 36.7. The zero-order valence-corrected chi connectivity index (χ0v) is 12.1. The summed E-state index contributed by atoms with van der Waals surface area (Å²) in [6.45, 7) is 8.02. The van der Waals surface area contributed by atoms with Crippen molar-refractivity contribution in [2.24, 2.45) is 5.73 Å². The number of urea groups is 1. The average Bonchev–Trinajstić information content (AvgIpc) is 2.19. The molecule has 0 aromatic rings. The summed E-state index contributed by atoms with van der Waals surface area (Å²) in [7, 11) is 0. The lowest BCUT2D eigenvalue weighted by Crippen LogP contribution is -2.56. The van der Waals surface area contributed by atoms with Gasteiger partial charge in [-0.25, -0.2) is 4.79 Å². The van der Waals surface area contributed by atoms with Crippen molar-refractivity contribution in [3.63, 3.8) is 0 Å². The first kappa shape index (κ1) is 17.2. The van der Waals surface area contributed by atoms with Crippen molar-refractivity contribution in [2.75, 3.05) is 13.1 Å². The van der Waals surface area contributed by atoms with Crippen LogP contribution in [0.4, 0.5) is 4.79 Å². The molecule has 0 fully saturated rings. The van der Waals surface area contributed by atoms with E-state index in [1.807, 2.05) is 0 Å². The van der Waals surface area contributed by atoms with Gasteiger partial charge in [0.2, 0.25) is 5.91 Å². The van der Waals surface area contributed by atoms with Crippen LogP contribution in [-0.4, -0.2) is 57.5 Å². The second-order valence-electron chi connectivity index (χ2n) is 5.62. The molecule has 0 aromatic carbocycles. The highest BCUT2D eigenvalue weighted by Gasteiger charge is 2.33. The lowest BCUT2D eigenvalue weighted by Gasteiger charge is -2.39. The van der Waals surface area contributed by atoms with Gasteiger partial charge in [-0.1, -0.05) is 0 Å². The zero-order chi connectivity index (χ0) is 15.4. The lowest BCUT2D eigenvalue weighted by molar-refractivity contribution is -0.138. The smallest absolute Gasteiger partial charge is 0.323 e. The Bertz CT molecular complexity index is 360. The molecule has 0 heterocycles. The molecule has 0 rings (SSSR count). The van der Waals surface area contributed by atoms with Gasteiger partial charge in [-0.05, 0) is 34.6 Å². The normalized spacial score (nSPS) is 11.3. The minimum absolute atomic E-state index is 0.233. The monoisotopic (exact) mass is 273 g/mol. The number of primary amides is 1. The molecule has 0 aliphatic heterocycles. The van der Waals surface area contributed by atoms with Gasteiger partial charge in [-0.15, -0.1) is 0 Å². The standard InChI is InChI=1S/C12H23N3O4/c1-8(2)14(6-9(13)16)11(19)15(7-10(17)18)12(3,4)5/h8H,6-7H2,1-5H3,(H2,13,16)(H,17,18). The Morgan fingerprint density at radius 1 is 1.16 bits per heavy atom. The minimum Gasteiger partial charge on any atom is -0.480 e. The molecule has 3 N–H and O–H groups in total. The van der Waals surface area contributed by atoms with Gasteiger partial charge < -0.3 is 20.6 Å². The van der Waals surface area contributed by atoms with Crippen molar-refractivity contribution in [2.45, 2.75) is 46.2 Å². The molecular weight excluding hydrogens is 250 g/mol. The maximum Gasteiger partial charge on any atom is 0.323 e. The number of hydrogen-bond acceptors (Lipinski definition) is 3. The van der Waals surface area contributed by atoms with Crippen molar-refractivity contribution in [3.05, 3.63) is 0 Å². The average molecular weight is 273 g/mol. The second kappa shape index (κ2) is 6.40. The molecule has 19 heavy (non-hydrogen) atoms. The molecule has 0 aromatic heterocycles. The SMILES string of the molecule is CC(C)N(CC(N)=O)C(=O)N(CC(=O)O)C(C)(C)C. The number of nitrogens with zero attached hydrogens (tertiary/aromatic N) is 2. The molecule has 0 atom stereocenters. The van der Waals surface area contributed by atoms with Gasteiger partial charge in [0.1, 0.15) is 13.1 Å². The molecule has 7 heteroatoms. The molecule has 110 valence electrons. The van der Waals surface area contributed by atoms with Gasteiger partial charge in [0.15, 0.2) is 0 Å². The van der Waals surface area contributed by atoms with Crippen LogP contribution in [0.5, 0.6) is 0 Å². The van der Waals surface area contributed by atoms with Crippen LogP contribution in [0, 0.1) is 0 Å². The van der Waals surface area contributed by atoms with Crippen molar-refractivity contribution < 1.29 is 19.5 Å². The summed E-state index contributed by atoms with van der Waals surface area (Å²) in [5.41, 5.74) is 4.45. The molecule has 0 spiro atoms. The summed E-state index contributed by atoms with van der Waals surface area (Å²) in [5, 5.41) is 8.89. The molecule has 7 nitrogen and oxygen atoms in total. The van der Waals surface area contributed by atoms with Gasteiger partial charge >= 0.3 is 12.0 Å². The van der Waals surface area contributed by atoms with Crippen LogP contribution in [0.2, 0.25) is 0 Å². The van der Waals surface area contributed by atoms with E-state index in [9.17, 15) is 14.4 Å². The first-order valence-electron chi connectivity index (χ1n) is 6.05. The van der Waals surface area contributed by atoms with E-state index < -0.39 is 30.0 Å². The summed E-state index contributed by atoms with van der Waals surface area (Å²) in [6.07, 6.45) is 0. The fourth-order valence-corrected chi connectivity index (χ4v) is 1.52. The van der Waals surface area contributed by atoms with Gasteiger partial charge in [-0.3, -0.25) is 9.59 Å². The van der Waals surface area contributed by atoms with Crippen molar-refractivity contribution in [1.82, 2.24) is 9.80 Å². The third kappa shape index (κ3) is 5.58. The highest BCUT2D eigenvalue weighted by Crippen LogP contribution is 2.17. The Kier molecular flexibility index (Phi) is 5.80. The van der Waals surface area contributed by atoms with E-state index in [4.69, 9.17) is 10.8 Å². The highest BCUT2D eigenvalue weighted by molar-refractivity contribution is 5.85. The number of rotatable bonds is 5. The highest BCUT2D eigenvalue weighted by atomic mass is 16.4. The van der Waals surface area contributed by atoms with E-state index in [2.05, 4.69) is 0 Å². The molecule has 0 unspecified atom stereocenters. The number of carboxylic acids is 1. The molecule has 0 radical (unpaired) electrons. The fourth-order valence-electron chi connectivity index (χ4n) is 1.52. The fraction of sp³-hybridized carbons (Fsp3) is 0.750. The zero-order valence-electron chi connectivity index (χ0n) is 12.1. The Morgan fingerprint density at radius 2 is 1.63 bits per heavy atom. The van der Waals surface area contributed by atoms with Crippen LogP contribution in [0.3, 0.4) is 0 Å². The lowest BCUT2D eigenvalue weighted by atomic mass is 10.1. The summed E-state index contributed by atoms with van der Waals surface area (Å²) in [5.74, 6) is -1.74. The van der Waals surface area contributed by atoms with Gasteiger partial charge in [0, 0.05) is 11.6 Å². The van der Waals surface area contributed by atoms with E-state index in [1.165, 1.54) is 9.80 Å². The van der Waals surface area contributed by atoms with Crippen molar-refractivity contribution in [1.29, 1.82) is 0 Å². The Morgan fingerprint density at radius 3 is 1.89 bits per heavy atom. The quantitative estimate of drug-likeness (QED) is 0.760. The van der Waals surface area contributed by atoms with E-state index in [0.717, 1.165) is 0 Å². The van der Waals surface area contributed by atoms with E-state index in [1.54, 1.807) is 34.6 Å². The number of carboxylic acid groups (broad SMARTS) is 1. The first-order valence-corrected chi connectivity index (χ1v) is 6.05.